The molecule has 0 aliphatic carbocycles. The Morgan fingerprint density at radius 1 is 1.07 bits per heavy atom. The molecule has 0 saturated carbocycles. The molecule has 3 rings (SSSR count). The van der Waals surface area contributed by atoms with Crippen molar-refractivity contribution in [1.82, 2.24) is 10.2 Å². The van der Waals surface area contributed by atoms with Gasteiger partial charge in [0.1, 0.15) is 5.75 Å². The minimum atomic E-state index is -0.107. The first kappa shape index (κ1) is 21.7. The molecule has 0 bridgehead atoms. The van der Waals surface area contributed by atoms with Crippen molar-refractivity contribution >= 4 is 17.5 Å². The molecule has 156 valence electrons. The van der Waals surface area contributed by atoms with E-state index in [0.29, 0.717) is 17.3 Å². The topological polar surface area (TPSA) is 41.6 Å². The van der Waals surface area contributed by atoms with Crippen LogP contribution in [0.3, 0.4) is 0 Å². The maximum atomic E-state index is 12.4. The number of amides is 1. The Bertz CT molecular complexity index is 799. The number of hydrogen-bond donors (Lipinski definition) is 1. The van der Waals surface area contributed by atoms with Gasteiger partial charge in [-0.3, -0.25) is 9.69 Å². The molecule has 1 heterocycles. The minimum Gasteiger partial charge on any atom is -0.484 e. The number of rotatable bonds is 7. The van der Waals surface area contributed by atoms with Crippen molar-refractivity contribution in [2.75, 3.05) is 26.2 Å². The molecule has 1 unspecified atom stereocenters. The van der Waals surface area contributed by atoms with E-state index in [-0.39, 0.29) is 18.6 Å². The molecule has 1 aliphatic rings. The predicted octanol–water partition coefficient (Wildman–Crippen LogP) is 5.07. The van der Waals surface area contributed by atoms with Gasteiger partial charge in [-0.05, 0) is 69.1 Å². The molecule has 5 heteroatoms. The van der Waals surface area contributed by atoms with E-state index in [2.05, 4.69) is 41.4 Å². The summed E-state index contributed by atoms with van der Waals surface area (Å²) in [5.41, 5.74) is 3.44. The van der Waals surface area contributed by atoms with Crippen LogP contribution in [0.5, 0.6) is 5.75 Å². The van der Waals surface area contributed by atoms with Crippen molar-refractivity contribution in [3.8, 4) is 5.75 Å². The Labute approximate surface area is 179 Å². The van der Waals surface area contributed by atoms with E-state index in [4.69, 9.17) is 16.3 Å². The van der Waals surface area contributed by atoms with Crippen molar-refractivity contribution in [2.45, 2.75) is 45.6 Å². The second-order valence-corrected chi connectivity index (χ2v) is 8.29. The van der Waals surface area contributed by atoms with E-state index in [1.807, 2.05) is 13.0 Å². The maximum absolute atomic E-state index is 12.4. The molecule has 2 aromatic carbocycles. The molecule has 1 fully saturated rings. The first-order valence-corrected chi connectivity index (χ1v) is 10.9. The van der Waals surface area contributed by atoms with Crippen LogP contribution in [0.1, 0.15) is 48.4 Å². The van der Waals surface area contributed by atoms with Crippen molar-refractivity contribution in [2.24, 2.45) is 0 Å². The molecule has 1 saturated heterocycles. The second kappa shape index (κ2) is 10.7. The highest BCUT2D eigenvalue weighted by molar-refractivity contribution is 6.31. The van der Waals surface area contributed by atoms with E-state index in [1.165, 1.54) is 36.8 Å². The lowest BCUT2D eigenvalue weighted by atomic mass is 10.0. The number of likely N-dealkylation sites (tertiary alicyclic amines) is 1. The number of halogens is 1. The first-order chi connectivity index (χ1) is 14.0. The number of aryl methyl sites for hydroxylation is 2. The SMILES string of the molecule is Cc1ccc(C(CNC(=O)COc2ccc(Cl)c(C)c2)N2CCCCCC2)cc1. The average Bonchev–Trinajstić information content (AvgIpc) is 3.00. The smallest absolute Gasteiger partial charge is 0.258 e. The molecule has 1 aliphatic heterocycles. The Hall–Kier alpha value is -2.04. The number of benzene rings is 2. The number of carbonyl (C=O) groups is 1. The molecule has 1 atom stereocenters. The summed E-state index contributed by atoms with van der Waals surface area (Å²) >= 11 is 6.04. The number of carbonyl (C=O) groups excluding carboxylic acids is 1. The second-order valence-electron chi connectivity index (χ2n) is 7.88. The van der Waals surface area contributed by atoms with Gasteiger partial charge in [-0.1, -0.05) is 54.3 Å². The molecule has 0 aromatic heterocycles. The van der Waals surface area contributed by atoms with E-state index in [0.717, 1.165) is 18.7 Å². The molecule has 0 spiro atoms. The van der Waals surface area contributed by atoms with Crippen molar-refractivity contribution in [3.05, 3.63) is 64.2 Å². The standard InChI is InChI=1S/C24H31ClN2O2/c1-18-7-9-20(10-8-18)23(27-13-5-3-4-6-14-27)16-26-24(28)17-29-21-11-12-22(25)19(2)15-21/h7-12,15,23H,3-6,13-14,16-17H2,1-2H3,(H,26,28). The normalized spacial score (nSPS) is 16.1. The Morgan fingerprint density at radius 3 is 2.41 bits per heavy atom. The lowest BCUT2D eigenvalue weighted by molar-refractivity contribution is -0.123. The summed E-state index contributed by atoms with van der Waals surface area (Å²) in [4.78, 5) is 14.9. The van der Waals surface area contributed by atoms with Gasteiger partial charge in [0.2, 0.25) is 0 Å². The van der Waals surface area contributed by atoms with E-state index >= 15 is 0 Å². The summed E-state index contributed by atoms with van der Waals surface area (Å²) in [5.74, 6) is 0.550. The average molecular weight is 415 g/mol. The first-order valence-electron chi connectivity index (χ1n) is 10.5. The highest BCUT2D eigenvalue weighted by Gasteiger charge is 2.22. The van der Waals surface area contributed by atoms with Gasteiger partial charge in [0, 0.05) is 11.6 Å². The third kappa shape index (κ3) is 6.48. The fourth-order valence-corrected chi connectivity index (χ4v) is 3.89. The molecule has 1 N–H and O–H groups in total. The zero-order valence-corrected chi connectivity index (χ0v) is 18.2. The van der Waals surface area contributed by atoms with Crippen LogP contribution in [-0.4, -0.2) is 37.0 Å². The van der Waals surface area contributed by atoms with Crippen LogP contribution in [-0.2, 0) is 4.79 Å². The lowest BCUT2D eigenvalue weighted by Crippen LogP contribution is -2.40. The number of nitrogens with one attached hydrogen (secondary N) is 1. The van der Waals surface area contributed by atoms with Crippen LogP contribution in [0.15, 0.2) is 42.5 Å². The van der Waals surface area contributed by atoms with Crippen molar-refractivity contribution < 1.29 is 9.53 Å². The van der Waals surface area contributed by atoms with Crippen LogP contribution in [0.2, 0.25) is 5.02 Å². The van der Waals surface area contributed by atoms with Gasteiger partial charge in [0.05, 0.1) is 6.04 Å². The molecular weight excluding hydrogens is 384 g/mol. The Kier molecular flexibility index (Phi) is 7.96. The largest absolute Gasteiger partial charge is 0.484 e. The fourth-order valence-electron chi connectivity index (χ4n) is 3.77. The Morgan fingerprint density at radius 2 is 1.76 bits per heavy atom. The maximum Gasteiger partial charge on any atom is 0.258 e. The summed E-state index contributed by atoms with van der Waals surface area (Å²) in [6, 6.07) is 14.3. The highest BCUT2D eigenvalue weighted by Crippen LogP contribution is 2.24. The van der Waals surface area contributed by atoms with Crippen LogP contribution in [0.4, 0.5) is 0 Å². The van der Waals surface area contributed by atoms with Crippen molar-refractivity contribution in [1.29, 1.82) is 0 Å². The van der Waals surface area contributed by atoms with E-state index < -0.39 is 0 Å². The van der Waals surface area contributed by atoms with Gasteiger partial charge in [0.25, 0.3) is 5.91 Å². The lowest BCUT2D eigenvalue weighted by Gasteiger charge is -2.31. The molecule has 0 radical (unpaired) electrons. The quantitative estimate of drug-likeness (QED) is 0.687. The van der Waals surface area contributed by atoms with Gasteiger partial charge >= 0.3 is 0 Å². The monoisotopic (exact) mass is 414 g/mol. The van der Waals surface area contributed by atoms with E-state index in [9.17, 15) is 4.79 Å². The predicted molar refractivity (Wildman–Crippen MR) is 119 cm³/mol. The van der Waals surface area contributed by atoms with Crippen LogP contribution in [0, 0.1) is 13.8 Å². The summed E-state index contributed by atoms with van der Waals surface area (Å²) in [6.07, 6.45) is 5.01. The third-order valence-corrected chi connectivity index (χ3v) is 5.96. The number of ether oxygens (including phenoxy) is 1. The fraction of sp³-hybridized carbons (Fsp3) is 0.458. The van der Waals surface area contributed by atoms with Crippen molar-refractivity contribution in [3.63, 3.8) is 0 Å². The number of hydrogen-bond acceptors (Lipinski definition) is 3. The summed E-state index contributed by atoms with van der Waals surface area (Å²) in [7, 11) is 0. The van der Waals surface area contributed by atoms with Crippen LogP contribution in [0.25, 0.3) is 0 Å². The van der Waals surface area contributed by atoms with Gasteiger partial charge in [0.15, 0.2) is 6.61 Å². The van der Waals surface area contributed by atoms with Gasteiger partial charge in [-0.25, -0.2) is 0 Å². The Balaban J connectivity index is 1.60. The zero-order valence-electron chi connectivity index (χ0n) is 17.4. The highest BCUT2D eigenvalue weighted by atomic mass is 35.5. The molecule has 29 heavy (non-hydrogen) atoms. The molecular formula is C24H31ClN2O2. The zero-order chi connectivity index (χ0) is 20.6. The van der Waals surface area contributed by atoms with Gasteiger partial charge < -0.3 is 10.1 Å². The number of nitrogens with zero attached hydrogens (tertiary/aromatic N) is 1. The summed E-state index contributed by atoms with van der Waals surface area (Å²) < 4.78 is 5.64. The molecule has 2 aromatic rings. The summed E-state index contributed by atoms with van der Waals surface area (Å²) in [5, 5.41) is 3.77. The van der Waals surface area contributed by atoms with Gasteiger partial charge in [-0.15, -0.1) is 0 Å². The van der Waals surface area contributed by atoms with E-state index in [1.54, 1.807) is 12.1 Å². The minimum absolute atomic E-state index is 0.00168. The third-order valence-electron chi connectivity index (χ3n) is 5.54. The van der Waals surface area contributed by atoms with Crippen LogP contribution >= 0.6 is 11.6 Å². The summed E-state index contributed by atoms with van der Waals surface area (Å²) in [6.45, 7) is 6.77. The van der Waals surface area contributed by atoms with Gasteiger partial charge in [-0.2, -0.15) is 0 Å². The molecule has 1 amide bonds. The molecule has 4 nitrogen and oxygen atoms in total. The van der Waals surface area contributed by atoms with Crippen LogP contribution < -0.4 is 10.1 Å².